The van der Waals surface area contributed by atoms with E-state index in [4.69, 9.17) is 0 Å². The van der Waals surface area contributed by atoms with Crippen molar-refractivity contribution < 1.29 is 9.90 Å². The van der Waals surface area contributed by atoms with Gasteiger partial charge < -0.3 is 10.0 Å². The molecule has 0 bridgehead atoms. The number of amides is 1. The monoisotopic (exact) mass is 272 g/mol. The molecule has 4 rings (SSSR count). The highest BCUT2D eigenvalue weighted by Gasteiger charge is 2.43. The molecule has 20 heavy (non-hydrogen) atoms. The molecule has 6 heteroatoms. The van der Waals surface area contributed by atoms with Crippen molar-refractivity contribution in [2.75, 3.05) is 13.1 Å². The zero-order valence-electron chi connectivity index (χ0n) is 11.0. The van der Waals surface area contributed by atoms with Gasteiger partial charge in [-0.1, -0.05) is 0 Å². The number of H-pyrrole nitrogens is 1. The van der Waals surface area contributed by atoms with Gasteiger partial charge in [-0.2, -0.15) is 15.4 Å². The lowest BCUT2D eigenvalue weighted by Gasteiger charge is -2.18. The molecular weight excluding hydrogens is 256 g/mol. The largest absolute Gasteiger partial charge is 0.393 e. The molecule has 1 aromatic carbocycles. The van der Waals surface area contributed by atoms with Crippen molar-refractivity contribution in [2.45, 2.75) is 18.9 Å². The molecule has 1 aromatic heterocycles. The lowest BCUT2D eigenvalue weighted by Crippen LogP contribution is -2.31. The number of aliphatic hydroxyl groups excluding tert-OH is 1. The molecule has 2 aromatic rings. The Morgan fingerprint density at radius 1 is 1.25 bits per heavy atom. The van der Waals surface area contributed by atoms with Crippen molar-refractivity contribution in [3.8, 4) is 0 Å². The highest BCUT2D eigenvalue weighted by Crippen LogP contribution is 2.38. The summed E-state index contributed by atoms with van der Waals surface area (Å²) < 4.78 is 0. The van der Waals surface area contributed by atoms with Gasteiger partial charge in [0.2, 0.25) is 0 Å². The highest BCUT2D eigenvalue weighted by molar-refractivity contribution is 5.97. The third-order valence-electron chi connectivity index (χ3n) is 4.67. The van der Waals surface area contributed by atoms with Gasteiger partial charge in [0.15, 0.2) is 0 Å². The van der Waals surface area contributed by atoms with E-state index in [1.165, 1.54) is 0 Å². The second-order valence-corrected chi connectivity index (χ2v) is 5.81. The van der Waals surface area contributed by atoms with E-state index in [1.807, 2.05) is 4.90 Å². The topological polar surface area (TPSA) is 82.1 Å². The molecule has 1 saturated carbocycles. The maximum absolute atomic E-state index is 12.5. The number of likely N-dealkylation sites (tertiary alicyclic amines) is 1. The van der Waals surface area contributed by atoms with E-state index in [-0.39, 0.29) is 17.9 Å². The lowest BCUT2D eigenvalue weighted by atomic mass is 10.00. The van der Waals surface area contributed by atoms with Crippen LogP contribution in [0.15, 0.2) is 18.2 Å². The van der Waals surface area contributed by atoms with Crippen LogP contribution in [0.5, 0.6) is 0 Å². The van der Waals surface area contributed by atoms with Gasteiger partial charge in [0.05, 0.1) is 6.10 Å². The van der Waals surface area contributed by atoms with Crippen LogP contribution in [0.1, 0.15) is 23.2 Å². The molecule has 2 aliphatic rings. The molecule has 3 unspecified atom stereocenters. The number of aromatic amines is 1. The Labute approximate surface area is 115 Å². The summed E-state index contributed by atoms with van der Waals surface area (Å²) in [6.07, 6.45) is 1.66. The Bertz CT molecular complexity index is 668. The number of nitrogens with zero attached hydrogens (tertiary/aromatic N) is 3. The van der Waals surface area contributed by atoms with Crippen LogP contribution in [-0.4, -0.2) is 50.5 Å². The molecule has 0 radical (unpaired) electrons. The second kappa shape index (κ2) is 4.28. The molecule has 2 fully saturated rings. The molecular formula is C14H16N4O2. The van der Waals surface area contributed by atoms with Crippen LogP contribution in [0.4, 0.5) is 0 Å². The molecule has 1 aliphatic carbocycles. The molecule has 0 spiro atoms. The first-order chi connectivity index (χ1) is 9.72. The quantitative estimate of drug-likeness (QED) is 0.804. The summed E-state index contributed by atoms with van der Waals surface area (Å²) in [6.45, 7) is 1.43. The summed E-state index contributed by atoms with van der Waals surface area (Å²) in [7, 11) is 0. The fraction of sp³-hybridized carbons (Fsp3) is 0.500. The lowest BCUT2D eigenvalue weighted by molar-refractivity contribution is 0.0752. The number of hydrogen-bond donors (Lipinski definition) is 2. The predicted molar refractivity (Wildman–Crippen MR) is 72.0 cm³/mol. The third kappa shape index (κ3) is 1.71. The Hall–Kier alpha value is -1.95. The average Bonchev–Trinajstić information content (AvgIpc) is 3.14. The van der Waals surface area contributed by atoms with Crippen LogP contribution in [0.3, 0.4) is 0 Å². The number of carbonyl (C=O) groups is 1. The summed E-state index contributed by atoms with van der Waals surface area (Å²) in [6, 6.07) is 5.36. The number of nitrogens with one attached hydrogen (secondary N) is 1. The third-order valence-corrected chi connectivity index (χ3v) is 4.67. The molecule has 6 nitrogen and oxygen atoms in total. The van der Waals surface area contributed by atoms with Gasteiger partial charge >= 0.3 is 0 Å². The van der Waals surface area contributed by atoms with Crippen molar-refractivity contribution in [1.82, 2.24) is 20.3 Å². The minimum absolute atomic E-state index is 0.0245. The smallest absolute Gasteiger partial charge is 0.253 e. The van der Waals surface area contributed by atoms with Gasteiger partial charge in [-0.15, -0.1) is 0 Å². The van der Waals surface area contributed by atoms with Crippen molar-refractivity contribution in [2.24, 2.45) is 11.8 Å². The number of aromatic nitrogens is 3. The molecule has 2 N–H and O–H groups in total. The molecule has 1 saturated heterocycles. The van der Waals surface area contributed by atoms with Gasteiger partial charge in [-0.3, -0.25) is 4.79 Å². The number of carbonyl (C=O) groups excluding carboxylic acids is 1. The molecule has 104 valence electrons. The highest BCUT2D eigenvalue weighted by atomic mass is 16.3. The fourth-order valence-corrected chi connectivity index (χ4v) is 3.56. The van der Waals surface area contributed by atoms with Gasteiger partial charge in [0.1, 0.15) is 11.0 Å². The van der Waals surface area contributed by atoms with Gasteiger partial charge in [-0.25, -0.2) is 0 Å². The van der Waals surface area contributed by atoms with Crippen LogP contribution >= 0.6 is 0 Å². The number of hydrogen-bond acceptors (Lipinski definition) is 4. The number of fused-ring (bicyclic) bond motifs is 2. The van der Waals surface area contributed by atoms with Crippen LogP contribution in [0, 0.1) is 11.8 Å². The average molecular weight is 272 g/mol. The van der Waals surface area contributed by atoms with Crippen LogP contribution in [0.2, 0.25) is 0 Å². The first-order valence-electron chi connectivity index (χ1n) is 7.00. The van der Waals surface area contributed by atoms with Crippen molar-refractivity contribution >= 4 is 16.9 Å². The van der Waals surface area contributed by atoms with E-state index in [9.17, 15) is 9.90 Å². The number of aliphatic hydroxyl groups is 1. The maximum Gasteiger partial charge on any atom is 0.253 e. The molecule has 3 atom stereocenters. The zero-order chi connectivity index (χ0) is 13.7. The van der Waals surface area contributed by atoms with E-state index in [1.54, 1.807) is 18.2 Å². The van der Waals surface area contributed by atoms with Gasteiger partial charge in [0.25, 0.3) is 5.91 Å². The predicted octanol–water partition coefficient (Wildman–Crippen LogP) is 0.801. The zero-order valence-corrected chi connectivity index (χ0v) is 11.0. The standard InChI is InChI=1S/C14H16N4O2/c19-13-4-2-9-6-18(7-10(9)13)14(20)8-1-3-11-12(5-8)16-17-15-11/h1,3,5,9-10,13,19H,2,4,6-7H2,(H,15,16,17). The van der Waals surface area contributed by atoms with Crippen LogP contribution in [-0.2, 0) is 0 Å². The molecule has 2 heterocycles. The fourth-order valence-electron chi connectivity index (χ4n) is 3.56. The van der Waals surface area contributed by atoms with E-state index in [0.29, 0.717) is 23.5 Å². The Balaban J connectivity index is 1.58. The minimum atomic E-state index is -0.240. The number of rotatable bonds is 1. The first-order valence-corrected chi connectivity index (χ1v) is 7.00. The normalized spacial score (nSPS) is 29.1. The van der Waals surface area contributed by atoms with Gasteiger partial charge in [-0.05, 0) is 37.0 Å². The van der Waals surface area contributed by atoms with Crippen molar-refractivity contribution in [3.05, 3.63) is 23.8 Å². The van der Waals surface area contributed by atoms with E-state index in [0.717, 1.165) is 24.9 Å². The minimum Gasteiger partial charge on any atom is -0.393 e. The summed E-state index contributed by atoms with van der Waals surface area (Å²) in [5.41, 5.74) is 2.10. The second-order valence-electron chi connectivity index (χ2n) is 5.81. The summed E-state index contributed by atoms with van der Waals surface area (Å²) in [4.78, 5) is 14.4. The summed E-state index contributed by atoms with van der Waals surface area (Å²) >= 11 is 0. The first kappa shape index (κ1) is 11.8. The molecule has 1 aliphatic heterocycles. The Morgan fingerprint density at radius 2 is 2.10 bits per heavy atom. The SMILES string of the molecule is O=C(c1ccc2n[nH]nc2c1)N1CC2CCC(O)C2C1. The van der Waals surface area contributed by atoms with Crippen molar-refractivity contribution in [1.29, 1.82) is 0 Å². The van der Waals surface area contributed by atoms with Gasteiger partial charge in [0, 0.05) is 24.6 Å². The van der Waals surface area contributed by atoms with E-state index >= 15 is 0 Å². The number of benzene rings is 1. The Kier molecular flexibility index (Phi) is 2.53. The summed E-state index contributed by atoms with van der Waals surface area (Å²) in [5.74, 6) is 0.746. The van der Waals surface area contributed by atoms with Crippen molar-refractivity contribution in [3.63, 3.8) is 0 Å². The maximum atomic E-state index is 12.5. The summed E-state index contributed by atoms with van der Waals surface area (Å²) in [5, 5.41) is 20.5. The molecule has 1 amide bonds. The Morgan fingerprint density at radius 3 is 2.95 bits per heavy atom. The van der Waals surface area contributed by atoms with Crippen LogP contribution in [0.25, 0.3) is 11.0 Å². The van der Waals surface area contributed by atoms with E-state index < -0.39 is 0 Å². The van der Waals surface area contributed by atoms with E-state index in [2.05, 4.69) is 15.4 Å². The van der Waals surface area contributed by atoms with Crippen LogP contribution < -0.4 is 0 Å².